The quantitative estimate of drug-likeness (QED) is 0.692. The van der Waals surface area contributed by atoms with Crippen LogP contribution in [0.25, 0.3) is 5.57 Å². The minimum Gasteiger partial charge on any atom is -0.378 e. The molecule has 3 rings (SSSR count). The molecule has 2 nitrogen and oxygen atoms in total. The van der Waals surface area contributed by atoms with E-state index in [4.69, 9.17) is 11.6 Å². The molecular formula is C23H24ClN2+. The van der Waals surface area contributed by atoms with E-state index in [1.54, 1.807) is 0 Å². The summed E-state index contributed by atoms with van der Waals surface area (Å²) in [5, 5.41) is 0.745. The molecule has 0 amide bonds. The predicted octanol–water partition coefficient (Wildman–Crippen LogP) is 5.05. The van der Waals surface area contributed by atoms with Gasteiger partial charge in [-0.25, -0.2) is 4.58 Å². The maximum Gasteiger partial charge on any atom is 0.199 e. The van der Waals surface area contributed by atoms with Crippen molar-refractivity contribution in [3.05, 3.63) is 94.6 Å². The van der Waals surface area contributed by atoms with Crippen LogP contribution in [0, 0.1) is 0 Å². The molecule has 0 saturated carbocycles. The first-order chi connectivity index (χ1) is 12.5. The van der Waals surface area contributed by atoms with Crippen LogP contribution in [0.4, 0.5) is 5.69 Å². The molecule has 0 heterocycles. The van der Waals surface area contributed by atoms with Gasteiger partial charge in [-0.05, 0) is 58.7 Å². The van der Waals surface area contributed by atoms with Crippen LogP contribution in [0.15, 0.2) is 78.4 Å². The van der Waals surface area contributed by atoms with Crippen LogP contribution in [0.3, 0.4) is 0 Å². The second-order valence-electron chi connectivity index (χ2n) is 6.77. The van der Waals surface area contributed by atoms with Crippen LogP contribution in [0.1, 0.15) is 11.1 Å². The standard InChI is InChI=1S/C23H24ClN2/c1-25(2)21-12-8-17(9-13-21)23(19-6-5-7-20(24)16-19)18-10-14-22(15-11-18)26(3)4/h5-16H,1-4H3/q+1. The summed E-state index contributed by atoms with van der Waals surface area (Å²) in [6, 6.07) is 16.7. The third-order valence-electron chi connectivity index (χ3n) is 4.46. The van der Waals surface area contributed by atoms with E-state index in [9.17, 15) is 0 Å². The van der Waals surface area contributed by atoms with E-state index in [1.165, 1.54) is 28.1 Å². The Hall–Kier alpha value is -2.58. The second kappa shape index (κ2) is 7.76. The summed E-state index contributed by atoms with van der Waals surface area (Å²) in [6.45, 7) is 0. The normalized spacial score (nSPS) is 13.1. The van der Waals surface area contributed by atoms with Gasteiger partial charge in [-0.3, -0.25) is 0 Å². The van der Waals surface area contributed by atoms with Gasteiger partial charge < -0.3 is 4.90 Å². The molecule has 0 spiro atoms. The van der Waals surface area contributed by atoms with Gasteiger partial charge in [0.2, 0.25) is 0 Å². The van der Waals surface area contributed by atoms with Gasteiger partial charge in [0.25, 0.3) is 0 Å². The van der Waals surface area contributed by atoms with E-state index < -0.39 is 0 Å². The first kappa shape index (κ1) is 18.2. The van der Waals surface area contributed by atoms with Crippen molar-refractivity contribution in [2.45, 2.75) is 0 Å². The number of anilines is 1. The molecule has 2 aromatic carbocycles. The van der Waals surface area contributed by atoms with Crippen molar-refractivity contribution in [2.75, 3.05) is 33.1 Å². The molecule has 0 fully saturated rings. The summed E-state index contributed by atoms with van der Waals surface area (Å²) in [6.07, 6.45) is 8.64. The zero-order valence-electron chi connectivity index (χ0n) is 15.7. The molecule has 2 aromatic rings. The van der Waals surface area contributed by atoms with Crippen LogP contribution in [-0.2, 0) is 0 Å². The maximum atomic E-state index is 6.27. The molecule has 3 heteroatoms. The van der Waals surface area contributed by atoms with Gasteiger partial charge in [-0.1, -0.05) is 35.9 Å². The van der Waals surface area contributed by atoms with E-state index >= 15 is 0 Å². The van der Waals surface area contributed by atoms with E-state index in [0.29, 0.717) is 0 Å². The average molecular weight is 364 g/mol. The Morgan fingerprint density at radius 1 is 0.846 bits per heavy atom. The lowest BCUT2D eigenvalue weighted by molar-refractivity contribution is -0.462. The van der Waals surface area contributed by atoms with Crippen LogP contribution in [0.2, 0.25) is 5.02 Å². The number of hydrogen-bond donors (Lipinski definition) is 0. The van der Waals surface area contributed by atoms with E-state index in [2.05, 4.69) is 92.3 Å². The number of allylic oxidation sites excluding steroid dienone is 5. The van der Waals surface area contributed by atoms with Crippen molar-refractivity contribution in [1.82, 2.24) is 0 Å². The molecule has 1 aliphatic carbocycles. The fourth-order valence-electron chi connectivity index (χ4n) is 3.00. The third-order valence-corrected chi connectivity index (χ3v) is 4.69. The molecule has 0 radical (unpaired) electrons. The van der Waals surface area contributed by atoms with Crippen LogP contribution < -0.4 is 4.90 Å². The van der Waals surface area contributed by atoms with Gasteiger partial charge in [-0.15, -0.1) is 0 Å². The lowest BCUT2D eigenvalue weighted by Crippen LogP contribution is -2.10. The maximum absolute atomic E-state index is 6.27. The van der Waals surface area contributed by atoms with E-state index in [0.717, 1.165) is 10.6 Å². The van der Waals surface area contributed by atoms with E-state index in [1.807, 2.05) is 18.2 Å². The molecule has 0 atom stereocenters. The first-order valence-electron chi connectivity index (χ1n) is 8.64. The highest BCUT2D eigenvalue weighted by Crippen LogP contribution is 2.31. The number of halogens is 1. The molecule has 0 N–H and O–H groups in total. The molecule has 0 bridgehead atoms. The molecule has 0 unspecified atom stereocenters. The lowest BCUT2D eigenvalue weighted by atomic mass is 9.90. The smallest absolute Gasteiger partial charge is 0.199 e. The van der Waals surface area contributed by atoms with Crippen molar-refractivity contribution in [3.63, 3.8) is 0 Å². The molecule has 1 aliphatic rings. The molecule has 26 heavy (non-hydrogen) atoms. The van der Waals surface area contributed by atoms with Gasteiger partial charge in [0, 0.05) is 37.0 Å². The van der Waals surface area contributed by atoms with Crippen LogP contribution in [0.5, 0.6) is 0 Å². The highest BCUT2D eigenvalue weighted by Gasteiger charge is 2.13. The Kier molecular flexibility index (Phi) is 5.43. The minimum atomic E-state index is 0.745. The van der Waals surface area contributed by atoms with Gasteiger partial charge in [0.1, 0.15) is 14.1 Å². The lowest BCUT2D eigenvalue weighted by Gasteiger charge is -2.16. The largest absolute Gasteiger partial charge is 0.378 e. The zero-order valence-corrected chi connectivity index (χ0v) is 16.5. The first-order valence-corrected chi connectivity index (χ1v) is 9.02. The summed E-state index contributed by atoms with van der Waals surface area (Å²) in [4.78, 5) is 2.11. The van der Waals surface area contributed by atoms with Gasteiger partial charge >= 0.3 is 0 Å². The van der Waals surface area contributed by atoms with Crippen LogP contribution >= 0.6 is 11.6 Å². The van der Waals surface area contributed by atoms with Crippen molar-refractivity contribution >= 4 is 28.6 Å². The topological polar surface area (TPSA) is 6.25 Å². The Bertz CT molecular complexity index is 907. The van der Waals surface area contributed by atoms with E-state index in [-0.39, 0.29) is 0 Å². The van der Waals surface area contributed by atoms with Crippen molar-refractivity contribution in [1.29, 1.82) is 0 Å². The SMILES string of the molecule is CN(C)c1ccc(C(=C2C=CC(=[N+](C)C)C=C2)c2cccc(Cl)c2)cc1. The fourth-order valence-corrected chi connectivity index (χ4v) is 3.19. The van der Waals surface area contributed by atoms with Gasteiger partial charge in [-0.2, -0.15) is 0 Å². The Morgan fingerprint density at radius 3 is 2.04 bits per heavy atom. The number of benzene rings is 2. The molecule has 0 aromatic heterocycles. The highest BCUT2D eigenvalue weighted by molar-refractivity contribution is 6.30. The summed E-state index contributed by atoms with van der Waals surface area (Å²) < 4.78 is 2.11. The molecule has 0 saturated heterocycles. The average Bonchev–Trinajstić information content (AvgIpc) is 2.63. The second-order valence-corrected chi connectivity index (χ2v) is 7.20. The van der Waals surface area contributed by atoms with Gasteiger partial charge in [0.05, 0.1) is 0 Å². The summed E-state index contributed by atoms with van der Waals surface area (Å²) in [5.74, 6) is 0. The molecule has 132 valence electrons. The Labute approximate surface area is 161 Å². The number of rotatable bonds is 3. The van der Waals surface area contributed by atoms with Crippen molar-refractivity contribution in [3.8, 4) is 0 Å². The third kappa shape index (κ3) is 3.97. The van der Waals surface area contributed by atoms with Crippen LogP contribution in [-0.4, -0.2) is 38.5 Å². The Morgan fingerprint density at radius 2 is 1.50 bits per heavy atom. The summed E-state index contributed by atoms with van der Waals surface area (Å²) in [7, 11) is 8.21. The minimum absolute atomic E-state index is 0.745. The number of nitrogens with zero attached hydrogens (tertiary/aromatic N) is 2. The predicted molar refractivity (Wildman–Crippen MR) is 114 cm³/mol. The van der Waals surface area contributed by atoms with Crippen molar-refractivity contribution < 1.29 is 4.58 Å². The molecule has 0 aliphatic heterocycles. The zero-order chi connectivity index (χ0) is 18.7. The Balaban J connectivity index is 2.15. The number of hydrogen-bond acceptors (Lipinski definition) is 1. The van der Waals surface area contributed by atoms with Gasteiger partial charge in [0.15, 0.2) is 5.71 Å². The summed E-state index contributed by atoms with van der Waals surface area (Å²) >= 11 is 6.27. The van der Waals surface area contributed by atoms with Crippen molar-refractivity contribution in [2.24, 2.45) is 0 Å². The molecular weight excluding hydrogens is 340 g/mol. The fraction of sp³-hybridized carbons (Fsp3) is 0.174. The monoisotopic (exact) mass is 363 g/mol. The highest BCUT2D eigenvalue weighted by atomic mass is 35.5. The summed E-state index contributed by atoms with van der Waals surface area (Å²) in [5.41, 5.74) is 7.02.